The maximum Gasteiger partial charge on any atom is 0.246 e. The smallest absolute Gasteiger partial charge is 0.246 e. The number of ether oxygens (including phenoxy) is 2. The monoisotopic (exact) mass is 547 g/mol. The van der Waals surface area contributed by atoms with Crippen molar-refractivity contribution >= 4 is 23.4 Å². The summed E-state index contributed by atoms with van der Waals surface area (Å²) < 4.78 is 26.4. The van der Waals surface area contributed by atoms with Crippen LogP contribution in [0.25, 0.3) is 0 Å². The number of nitrogens with one attached hydrogen (secondary N) is 2. The molecule has 1 spiro atoms. The van der Waals surface area contributed by atoms with Crippen LogP contribution in [0.4, 0.5) is 10.1 Å². The zero-order chi connectivity index (χ0) is 28.0. The molecule has 3 fully saturated rings. The van der Waals surface area contributed by atoms with Crippen molar-refractivity contribution in [3.05, 3.63) is 72.1 Å². The lowest BCUT2D eigenvalue weighted by molar-refractivity contribution is -0.142. The van der Waals surface area contributed by atoms with Crippen molar-refractivity contribution in [2.24, 2.45) is 17.8 Å². The number of anilines is 1. The molecule has 6 rings (SSSR count). The Balaban J connectivity index is 1.33. The Morgan fingerprint density at radius 3 is 2.70 bits per heavy atom. The third-order valence-corrected chi connectivity index (χ3v) is 9.00. The van der Waals surface area contributed by atoms with Gasteiger partial charge in [-0.05, 0) is 37.0 Å². The first-order valence-electron chi connectivity index (χ1n) is 14.0. The van der Waals surface area contributed by atoms with Crippen LogP contribution >= 0.6 is 0 Å². The highest BCUT2D eigenvalue weighted by Crippen LogP contribution is 2.55. The van der Waals surface area contributed by atoms with Crippen molar-refractivity contribution in [3.63, 3.8) is 0 Å². The van der Waals surface area contributed by atoms with Gasteiger partial charge in [-0.2, -0.15) is 0 Å². The molecule has 2 aromatic carbocycles. The molecule has 2 N–H and O–H groups in total. The van der Waals surface area contributed by atoms with Crippen LogP contribution in [0.5, 0.6) is 5.75 Å². The maximum atomic E-state index is 14.7. The summed E-state index contributed by atoms with van der Waals surface area (Å²) in [5.74, 6) is -2.44. The Bertz CT molecular complexity index is 1360. The molecule has 8 nitrogen and oxygen atoms in total. The molecule has 1 saturated carbocycles. The summed E-state index contributed by atoms with van der Waals surface area (Å²) in [7, 11) is 1.54. The largest absolute Gasteiger partial charge is 0.497 e. The van der Waals surface area contributed by atoms with E-state index in [0.29, 0.717) is 22.9 Å². The van der Waals surface area contributed by atoms with E-state index in [0.717, 1.165) is 25.7 Å². The summed E-state index contributed by atoms with van der Waals surface area (Å²) in [5, 5.41) is 6.09. The summed E-state index contributed by atoms with van der Waals surface area (Å²) in [6, 6.07) is 12.1. The third kappa shape index (κ3) is 4.36. The van der Waals surface area contributed by atoms with E-state index in [4.69, 9.17) is 9.47 Å². The Morgan fingerprint density at radius 2 is 1.93 bits per heavy atom. The molecule has 2 aromatic rings. The number of carbonyl (C=O) groups is 3. The van der Waals surface area contributed by atoms with Crippen LogP contribution in [-0.2, 0) is 25.7 Å². The lowest BCUT2D eigenvalue weighted by Crippen LogP contribution is -2.57. The fourth-order valence-electron chi connectivity index (χ4n) is 6.97. The van der Waals surface area contributed by atoms with Gasteiger partial charge in [-0.1, -0.05) is 56.2 Å². The van der Waals surface area contributed by atoms with Gasteiger partial charge in [0.2, 0.25) is 17.7 Å². The number of rotatable bonds is 7. The van der Waals surface area contributed by atoms with E-state index >= 15 is 0 Å². The van der Waals surface area contributed by atoms with Crippen molar-refractivity contribution in [2.75, 3.05) is 12.4 Å². The molecule has 1 aliphatic carbocycles. The first-order valence-corrected chi connectivity index (χ1v) is 14.0. The highest BCUT2D eigenvalue weighted by Gasteiger charge is 2.72. The van der Waals surface area contributed by atoms with Gasteiger partial charge in [0.1, 0.15) is 23.2 Å². The number of nitrogens with zero attached hydrogens (tertiary/aromatic N) is 1. The maximum absolute atomic E-state index is 14.7. The molecule has 3 heterocycles. The Hall–Kier alpha value is -3.72. The van der Waals surface area contributed by atoms with Gasteiger partial charge in [-0.25, -0.2) is 4.39 Å². The number of hydrogen-bond acceptors (Lipinski definition) is 5. The number of fused-ring (bicyclic) bond motifs is 1. The molecule has 2 bridgehead atoms. The lowest BCUT2D eigenvalue weighted by Gasteiger charge is -2.36. The number of carbonyl (C=O) groups excluding carboxylic acids is 3. The Kier molecular flexibility index (Phi) is 6.86. The second-order valence-electron chi connectivity index (χ2n) is 11.4. The predicted octanol–water partition coefficient (Wildman–Crippen LogP) is 3.82. The van der Waals surface area contributed by atoms with E-state index < -0.39 is 41.3 Å². The third-order valence-electron chi connectivity index (χ3n) is 9.00. The van der Waals surface area contributed by atoms with Crippen molar-refractivity contribution in [1.29, 1.82) is 0 Å². The number of amides is 3. The average Bonchev–Trinajstić information content (AvgIpc) is 3.59. The van der Waals surface area contributed by atoms with E-state index in [2.05, 4.69) is 17.6 Å². The van der Waals surface area contributed by atoms with Crippen molar-refractivity contribution in [1.82, 2.24) is 10.2 Å². The minimum absolute atomic E-state index is 0.0168. The summed E-state index contributed by atoms with van der Waals surface area (Å²) in [6.45, 7) is 2.02. The van der Waals surface area contributed by atoms with Gasteiger partial charge in [0.25, 0.3) is 0 Å². The summed E-state index contributed by atoms with van der Waals surface area (Å²) in [5.41, 5.74) is -0.489. The molecule has 9 heteroatoms. The fourth-order valence-corrected chi connectivity index (χ4v) is 6.97. The molecular weight excluding hydrogens is 513 g/mol. The summed E-state index contributed by atoms with van der Waals surface area (Å²) >= 11 is 0. The summed E-state index contributed by atoms with van der Waals surface area (Å²) in [6.07, 6.45) is 6.92. The Morgan fingerprint density at radius 1 is 1.12 bits per heavy atom. The second-order valence-corrected chi connectivity index (χ2v) is 11.4. The highest BCUT2D eigenvalue weighted by atomic mass is 19.1. The van der Waals surface area contributed by atoms with Crippen LogP contribution in [-0.4, -0.2) is 53.5 Å². The van der Waals surface area contributed by atoms with Gasteiger partial charge in [-0.15, -0.1) is 0 Å². The Labute approximate surface area is 232 Å². The van der Waals surface area contributed by atoms with Gasteiger partial charge in [0.05, 0.1) is 25.0 Å². The lowest BCUT2D eigenvalue weighted by atomic mass is 9.74. The molecule has 0 radical (unpaired) electrons. The molecule has 7 atom stereocenters. The molecule has 0 unspecified atom stereocenters. The minimum atomic E-state index is -1.31. The standard InChI is InChI=1S/C31H34FN3O5/c1-18-8-3-6-13-23(18)34-29(37)27-31-15-14-24(40-31)25(28(36)33-20-10-7-11-21(16-20)39-2)26(31)30(38)35(27)17-19-9-4-5-12-22(19)32/h4-5,7,9-12,14-16,18,23-27H,3,6,8,13,17H2,1-2H3,(H,33,36)(H,34,37)/t18-,23-,24-,25+,26-,27-,31-/m1/s1. The van der Waals surface area contributed by atoms with Gasteiger partial charge >= 0.3 is 0 Å². The topological polar surface area (TPSA) is 97.0 Å². The second kappa shape index (κ2) is 10.4. The normalized spacial score (nSPS) is 32.2. The number of halogens is 1. The molecule has 2 saturated heterocycles. The van der Waals surface area contributed by atoms with Crippen LogP contribution in [0.3, 0.4) is 0 Å². The van der Waals surface area contributed by atoms with E-state index in [1.54, 1.807) is 61.7 Å². The summed E-state index contributed by atoms with van der Waals surface area (Å²) in [4.78, 5) is 43.2. The van der Waals surface area contributed by atoms with Crippen molar-refractivity contribution < 1.29 is 28.2 Å². The number of hydrogen-bond donors (Lipinski definition) is 2. The number of likely N-dealkylation sites (tertiary alicyclic amines) is 1. The van der Waals surface area contributed by atoms with Crippen molar-refractivity contribution in [2.45, 2.75) is 62.9 Å². The minimum Gasteiger partial charge on any atom is -0.497 e. The van der Waals surface area contributed by atoms with Crippen LogP contribution in [0.15, 0.2) is 60.7 Å². The predicted molar refractivity (Wildman–Crippen MR) is 146 cm³/mol. The van der Waals surface area contributed by atoms with Gasteiger partial charge < -0.3 is 25.0 Å². The first-order chi connectivity index (χ1) is 19.3. The fraction of sp³-hybridized carbons (Fsp3) is 0.452. The zero-order valence-electron chi connectivity index (χ0n) is 22.6. The van der Waals surface area contributed by atoms with Crippen LogP contribution in [0.2, 0.25) is 0 Å². The SMILES string of the molecule is COc1cccc(NC(=O)[C@H]2[C@H]3C=C[C@@]4(O3)[C@H]2C(=O)N(Cc2ccccc2F)[C@@H]4C(=O)N[C@@H]2CCCC[C@H]2C)c1. The van der Waals surface area contributed by atoms with E-state index in [1.165, 1.54) is 11.0 Å². The van der Waals surface area contributed by atoms with E-state index in [1.807, 2.05) is 0 Å². The van der Waals surface area contributed by atoms with Gasteiger partial charge in [0.15, 0.2) is 0 Å². The zero-order valence-corrected chi connectivity index (χ0v) is 22.6. The molecular formula is C31H34FN3O5. The molecule has 0 aromatic heterocycles. The van der Waals surface area contributed by atoms with Gasteiger partial charge in [0, 0.05) is 29.9 Å². The number of methoxy groups -OCH3 is 1. The van der Waals surface area contributed by atoms with Crippen molar-refractivity contribution in [3.8, 4) is 5.75 Å². The quantitative estimate of drug-likeness (QED) is 0.514. The average molecular weight is 548 g/mol. The van der Waals surface area contributed by atoms with Gasteiger partial charge in [-0.3, -0.25) is 14.4 Å². The molecule has 3 aliphatic heterocycles. The van der Waals surface area contributed by atoms with E-state index in [-0.39, 0.29) is 24.4 Å². The van der Waals surface area contributed by atoms with E-state index in [9.17, 15) is 18.8 Å². The molecule has 40 heavy (non-hydrogen) atoms. The van der Waals surface area contributed by atoms with Crippen LogP contribution in [0, 0.1) is 23.6 Å². The molecule has 4 aliphatic rings. The first kappa shape index (κ1) is 26.5. The highest BCUT2D eigenvalue weighted by molar-refractivity contribution is 6.02. The molecule has 3 amide bonds. The van der Waals surface area contributed by atoms with Crippen LogP contribution in [0.1, 0.15) is 38.2 Å². The van der Waals surface area contributed by atoms with Crippen LogP contribution < -0.4 is 15.4 Å². The number of benzene rings is 2. The molecule has 210 valence electrons.